The summed E-state index contributed by atoms with van der Waals surface area (Å²) in [6.07, 6.45) is 7.09. The molecule has 0 aromatic rings. The van der Waals surface area contributed by atoms with Gasteiger partial charge in [-0.1, -0.05) is 26.2 Å². The summed E-state index contributed by atoms with van der Waals surface area (Å²) in [5, 5.41) is 0. The number of hydrogen-bond donors (Lipinski definition) is 1. The number of rotatable bonds is 5. The van der Waals surface area contributed by atoms with Crippen LogP contribution >= 0.6 is 0 Å². The Morgan fingerprint density at radius 3 is 2.50 bits per heavy atom. The highest BCUT2D eigenvalue weighted by atomic mass is 16.2. The van der Waals surface area contributed by atoms with Gasteiger partial charge in [-0.05, 0) is 26.2 Å². The summed E-state index contributed by atoms with van der Waals surface area (Å²) in [4.78, 5) is 13.9. The van der Waals surface area contributed by atoms with E-state index >= 15 is 0 Å². The summed E-state index contributed by atoms with van der Waals surface area (Å²) in [7, 11) is 1.90. The molecule has 1 aliphatic rings. The molecule has 94 valence electrons. The van der Waals surface area contributed by atoms with Gasteiger partial charge in [-0.15, -0.1) is 0 Å². The van der Waals surface area contributed by atoms with E-state index in [9.17, 15) is 4.79 Å². The Morgan fingerprint density at radius 1 is 1.44 bits per heavy atom. The fourth-order valence-electron chi connectivity index (χ4n) is 2.54. The first-order valence-electron chi connectivity index (χ1n) is 6.53. The van der Waals surface area contributed by atoms with Crippen LogP contribution in [-0.2, 0) is 4.79 Å². The zero-order valence-corrected chi connectivity index (χ0v) is 11.0. The molecule has 2 N–H and O–H groups in total. The molecule has 0 radical (unpaired) electrons. The predicted molar refractivity (Wildman–Crippen MR) is 67.1 cm³/mol. The Kier molecular flexibility index (Phi) is 4.78. The Balaban J connectivity index is 2.44. The Morgan fingerprint density at radius 2 is 2.00 bits per heavy atom. The van der Waals surface area contributed by atoms with Crippen LogP contribution < -0.4 is 5.73 Å². The second-order valence-electron chi connectivity index (χ2n) is 5.39. The van der Waals surface area contributed by atoms with Crippen LogP contribution in [0.15, 0.2) is 0 Å². The van der Waals surface area contributed by atoms with E-state index in [4.69, 9.17) is 5.73 Å². The summed E-state index contributed by atoms with van der Waals surface area (Å²) in [6.45, 7) is 4.26. The van der Waals surface area contributed by atoms with Gasteiger partial charge in [0, 0.05) is 25.0 Å². The van der Waals surface area contributed by atoms with Crippen molar-refractivity contribution in [2.45, 2.75) is 70.4 Å². The van der Waals surface area contributed by atoms with Crippen molar-refractivity contribution in [3.8, 4) is 0 Å². The number of nitrogens with two attached hydrogens (primary N) is 1. The van der Waals surface area contributed by atoms with E-state index in [0.717, 1.165) is 25.7 Å². The topological polar surface area (TPSA) is 46.3 Å². The second kappa shape index (κ2) is 5.67. The van der Waals surface area contributed by atoms with Gasteiger partial charge in [0.05, 0.1) is 0 Å². The molecule has 1 fully saturated rings. The lowest BCUT2D eigenvalue weighted by Gasteiger charge is -2.29. The zero-order valence-electron chi connectivity index (χ0n) is 11.0. The quantitative estimate of drug-likeness (QED) is 0.782. The molecule has 0 spiro atoms. The van der Waals surface area contributed by atoms with Gasteiger partial charge >= 0.3 is 0 Å². The van der Waals surface area contributed by atoms with Gasteiger partial charge in [-0.3, -0.25) is 4.79 Å². The average Bonchev–Trinajstić information content (AvgIpc) is 2.64. The molecular formula is C13H26N2O. The van der Waals surface area contributed by atoms with Crippen LogP contribution in [0.1, 0.15) is 58.8 Å². The lowest BCUT2D eigenvalue weighted by Crippen LogP contribution is -2.44. The summed E-state index contributed by atoms with van der Waals surface area (Å²) >= 11 is 0. The van der Waals surface area contributed by atoms with Crippen molar-refractivity contribution in [1.82, 2.24) is 4.90 Å². The summed E-state index contributed by atoms with van der Waals surface area (Å²) in [5.74, 6) is 0.213. The fourth-order valence-corrected chi connectivity index (χ4v) is 2.54. The zero-order chi connectivity index (χ0) is 12.2. The number of amides is 1. The first kappa shape index (κ1) is 13.5. The predicted octanol–water partition coefficient (Wildman–Crippen LogP) is 2.29. The molecule has 0 aliphatic heterocycles. The van der Waals surface area contributed by atoms with Crippen molar-refractivity contribution >= 4 is 5.91 Å². The first-order valence-corrected chi connectivity index (χ1v) is 6.53. The average molecular weight is 226 g/mol. The number of carbonyl (C=O) groups excluding carboxylic acids is 1. The number of hydrogen-bond acceptors (Lipinski definition) is 2. The molecule has 3 heteroatoms. The van der Waals surface area contributed by atoms with Crippen molar-refractivity contribution in [3.05, 3.63) is 0 Å². The molecule has 1 saturated carbocycles. The van der Waals surface area contributed by atoms with E-state index in [2.05, 4.69) is 13.8 Å². The Bertz CT molecular complexity index is 234. The normalized spacial score (nSPS) is 20.8. The van der Waals surface area contributed by atoms with Gasteiger partial charge in [0.1, 0.15) is 0 Å². The SMILES string of the molecule is CCCC(C)N(C)C(=O)CC1(N)CCCC1. The minimum atomic E-state index is -0.211. The summed E-state index contributed by atoms with van der Waals surface area (Å²) in [6, 6.07) is 0.336. The van der Waals surface area contributed by atoms with Crippen molar-refractivity contribution in [1.29, 1.82) is 0 Å². The highest BCUT2D eigenvalue weighted by molar-refractivity contribution is 5.77. The molecule has 0 bridgehead atoms. The van der Waals surface area contributed by atoms with Gasteiger partial charge in [-0.2, -0.15) is 0 Å². The molecule has 0 aromatic carbocycles. The highest BCUT2D eigenvalue weighted by Crippen LogP contribution is 2.30. The maximum absolute atomic E-state index is 12.1. The smallest absolute Gasteiger partial charge is 0.224 e. The van der Waals surface area contributed by atoms with Gasteiger partial charge in [-0.25, -0.2) is 0 Å². The van der Waals surface area contributed by atoms with Crippen molar-refractivity contribution in [3.63, 3.8) is 0 Å². The molecule has 16 heavy (non-hydrogen) atoms. The Hall–Kier alpha value is -0.570. The van der Waals surface area contributed by atoms with Crippen LogP contribution in [0.3, 0.4) is 0 Å². The molecule has 1 atom stereocenters. The second-order valence-corrected chi connectivity index (χ2v) is 5.39. The van der Waals surface area contributed by atoms with Crippen LogP contribution in [0.4, 0.5) is 0 Å². The molecule has 1 aliphatic carbocycles. The Labute approximate surface area is 99.4 Å². The van der Waals surface area contributed by atoms with Crippen molar-refractivity contribution in [2.24, 2.45) is 5.73 Å². The monoisotopic (exact) mass is 226 g/mol. The first-order chi connectivity index (χ1) is 7.48. The van der Waals surface area contributed by atoms with Crippen LogP contribution in [0.5, 0.6) is 0 Å². The van der Waals surface area contributed by atoms with E-state index < -0.39 is 0 Å². The van der Waals surface area contributed by atoms with E-state index in [1.807, 2.05) is 11.9 Å². The lowest BCUT2D eigenvalue weighted by molar-refractivity contribution is -0.133. The number of carbonyl (C=O) groups is 1. The van der Waals surface area contributed by atoms with Crippen LogP contribution in [0, 0.1) is 0 Å². The molecule has 0 heterocycles. The molecule has 0 aromatic heterocycles. The standard InChI is InChI=1S/C13H26N2O/c1-4-7-11(2)15(3)12(16)10-13(14)8-5-6-9-13/h11H,4-10,14H2,1-3H3. The third-order valence-corrected chi connectivity index (χ3v) is 3.86. The maximum atomic E-state index is 12.1. The van der Waals surface area contributed by atoms with Gasteiger partial charge in [0.2, 0.25) is 5.91 Å². The molecule has 0 saturated heterocycles. The van der Waals surface area contributed by atoms with E-state index in [0.29, 0.717) is 12.5 Å². The largest absolute Gasteiger partial charge is 0.343 e. The van der Waals surface area contributed by atoms with E-state index in [-0.39, 0.29) is 11.4 Å². The fraction of sp³-hybridized carbons (Fsp3) is 0.923. The minimum Gasteiger partial charge on any atom is -0.343 e. The van der Waals surface area contributed by atoms with E-state index in [1.165, 1.54) is 12.8 Å². The molecule has 1 rings (SSSR count). The van der Waals surface area contributed by atoms with Gasteiger partial charge in [0.25, 0.3) is 0 Å². The third-order valence-electron chi connectivity index (χ3n) is 3.86. The van der Waals surface area contributed by atoms with Crippen LogP contribution in [-0.4, -0.2) is 29.4 Å². The van der Waals surface area contributed by atoms with Gasteiger partial charge in [0.15, 0.2) is 0 Å². The highest BCUT2D eigenvalue weighted by Gasteiger charge is 2.33. The minimum absolute atomic E-state index is 0.211. The van der Waals surface area contributed by atoms with Crippen molar-refractivity contribution in [2.75, 3.05) is 7.05 Å². The summed E-state index contributed by atoms with van der Waals surface area (Å²) < 4.78 is 0. The van der Waals surface area contributed by atoms with Gasteiger partial charge < -0.3 is 10.6 Å². The molecule has 3 nitrogen and oxygen atoms in total. The number of nitrogens with zero attached hydrogens (tertiary/aromatic N) is 1. The van der Waals surface area contributed by atoms with E-state index in [1.54, 1.807) is 0 Å². The third kappa shape index (κ3) is 3.48. The maximum Gasteiger partial charge on any atom is 0.224 e. The summed E-state index contributed by atoms with van der Waals surface area (Å²) in [5.41, 5.74) is 6.01. The molecule has 1 unspecified atom stereocenters. The molecule has 1 amide bonds. The van der Waals surface area contributed by atoms with Crippen molar-refractivity contribution < 1.29 is 4.79 Å². The van der Waals surface area contributed by atoms with Crippen LogP contribution in [0.25, 0.3) is 0 Å². The molecular weight excluding hydrogens is 200 g/mol. The van der Waals surface area contributed by atoms with Crippen LogP contribution in [0.2, 0.25) is 0 Å². The lowest BCUT2D eigenvalue weighted by atomic mass is 9.94.